The molecule has 2 aliphatic heterocycles. The van der Waals surface area contributed by atoms with Gasteiger partial charge in [0.1, 0.15) is 0 Å². The van der Waals surface area contributed by atoms with Gasteiger partial charge in [0.25, 0.3) is 0 Å². The highest BCUT2D eigenvalue weighted by Gasteiger charge is 2.44. The molecule has 4 atom stereocenters. The van der Waals surface area contributed by atoms with Crippen LogP contribution in [0.3, 0.4) is 0 Å². The van der Waals surface area contributed by atoms with Crippen molar-refractivity contribution in [1.29, 1.82) is 0 Å². The Bertz CT molecular complexity index is 358. The number of nitrogens with zero attached hydrogens (tertiary/aromatic N) is 2. The summed E-state index contributed by atoms with van der Waals surface area (Å²) in [7, 11) is 2.18. The minimum absolute atomic E-state index is 0.0356. The van der Waals surface area contributed by atoms with Gasteiger partial charge >= 0.3 is 0 Å². The molecule has 1 amide bonds. The Morgan fingerprint density at radius 2 is 2.10 bits per heavy atom. The summed E-state index contributed by atoms with van der Waals surface area (Å²) in [5.74, 6) is 1.47. The SMILES string of the molecule is CCCC1NC(CC(C)C)C(=O)N1C1CCN(C)CC1C. The first-order valence-corrected chi connectivity index (χ1v) is 8.70. The zero-order valence-corrected chi connectivity index (χ0v) is 14.4. The summed E-state index contributed by atoms with van der Waals surface area (Å²) >= 11 is 0. The van der Waals surface area contributed by atoms with Crippen molar-refractivity contribution >= 4 is 5.91 Å². The Kier molecular flexibility index (Phi) is 5.67. The van der Waals surface area contributed by atoms with E-state index in [1.54, 1.807) is 0 Å². The lowest BCUT2D eigenvalue weighted by molar-refractivity contribution is -0.134. The molecule has 4 nitrogen and oxygen atoms in total. The molecule has 0 aromatic carbocycles. The number of hydrogen-bond acceptors (Lipinski definition) is 3. The zero-order chi connectivity index (χ0) is 15.6. The monoisotopic (exact) mass is 295 g/mol. The smallest absolute Gasteiger partial charge is 0.241 e. The highest BCUT2D eigenvalue weighted by Crippen LogP contribution is 2.29. The molecule has 0 saturated carbocycles. The molecule has 0 aromatic rings. The van der Waals surface area contributed by atoms with Crippen LogP contribution in [-0.4, -0.2) is 54.1 Å². The normalized spacial score (nSPS) is 35.0. The van der Waals surface area contributed by atoms with Crippen molar-refractivity contribution < 1.29 is 4.79 Å². The Labute approximate surface area is 130 Å². The maximum absolute atomic E-state index is 12.9. The third-order valence-electron chi connectivity index (χ3n) is 4.97. The van der Waals surface area contributed by atoms with Gasteiger partial charge in [0.05, 0.1) is 12.2 Å². The van der Waals surface area contributed by atoms with E-state index < -0.39 is 0 Å². The van der Waals surface area contributed by atoms with Crippen molar-refractivity contribution in [2.75, 3.05) is 20.1 Å². The van der Waals surface area contributed by atoms with Crippen LogP contribution in [0.15, 0.2) is 0 Å². The fourth-order valence-electron chi connectivity index (χ4n) is 4.00. The first-order valence-electron chi connectivity index (χ1n) is 8.70. The van der Waals surface area contributed by atoms with E-state index in [-0.39, 0.29) is 12.2 Å². The van der Waals surface area contributed by atoms with Crippen molar-refractivity contribution in [1.82, 2.24) is 15.1 Å². The molecular formula is C17H33N3O. The minimum Gasteiger partial charge on any atom is -0.322 e. The standard InChI is InChI=1S/C17H33N3O/c1-6-7-16-18-14(10-12(2)3)17(21)20(16)15-8-9-19(5)11-13(15)4/h12-16,18H,6-11H2,1-5H3. The number of nitrogens with one attached hydrogen (secondary N) is 1. The number of carbonyl (C=O) groups is 1. The van der Waals surface area contributed by atoms with Crippen LogP contribution in [-0.2, 0) is 4.79 Å². The van der Waals surface area contributed by atoms with Crippen LogP contribution < -0.4 is 5.32 Å². The van der Waals surface area contributed by atoms with Crippen LogP contribution in [0.1, 0.15) is 53.4 Å². The molecule has 0 radical (unpaired) electrons. The van der Waals surface area contributed by atoms with Crippen molar-refractivity contribution in [2.45, 2.75) is 71.6 Å². The van der Waals surface area contributed by atoms with E-state index in [9.17, 15) is 4.79 Å². The maximum atomic E-state index is 12.9. The Hall–Kier alpha value is -0.610. The summed E-state index contributed by atoms with van der Waals surface area (Å²) in [5.41, 5.74) is 0. The van der Waals surface area contributed by atoms with Gasteiger partial charge in [0.15, 0.2) is 0 Å². The lowest BCUT2D eigenvalue weighted by atomic mass is 9.92. The third-order valence-corrected chi connectivity index (χ3v) is 4.97. The molecule has 0 aromatic heterocycles. The fourth-order valence-corrected chi connectivity index (χ4v) is 4.00. The van der Waals surface area contributed by atoms with Crippen molar-refractivity contribution in [3.8, 4) is 0 Å². The average molecular weight is 295 g/mol. The van der Waals surface area contributed by atoms with Gasteiger partial charge in [-0.1, -0.05) is 34.1 Å². The van der Waals surface area contributed by atoms with Crippen LogP contribution in [0.5, 0.6) is 0 Å². The van der Waals surface area contributed by atoms with Gasteiger partial charge in [0, 0.05) is 12.6 Å². The average Bonchev–Trinajstić information content (AvgIpc) is 2.67. The van der Waals surface area contributed by atoms with E-state index in [2.05, 4.69) is 49.9 Å². The Balaban J connectivity index is 2.12. The van der Waals surface area contributed by atoms with Crippen molar-refractivity contribution in [2.24, 2.45) is 11.8 Å². The maximum Gasteiger partial charge on any atom is 0.241 e. The molecule has 1 N–H and O–H groups in total. The predicted octanol–water partition coefficient (Wildman–Crippen LogP) is 2.30. The summed E-state index contributed by atoms with van der Waals surface area (Å²) in [5, 5.41) is 3.61. The Morgan fingerprint density at radius 3 is 2.67 bits per heavy atom. The molecule has 0 spiro atoms. The topological polar surface area (TPSA) is 35.6 Å². The van der Waals surface area contributed by atoms with E-state index in [0.717, 1.165) is 38.8 Å². The number of likely N-dealkylation sites (tertiary alicyclic amines) is 1. The van der Waals surface area contributed by atoms with Crippen LogP contribution in [0.25, 0.3) is 0 Å². The quantitative estimate of drug-likeness (QED) is 0.845. The van der Waals surface area contributed by atoms with Gasteiger partial charge in [-0.2, -0.15) is 0 Å². The van der Waals surface area contributed by atoms with E-state index in [4.69, 9.17) is 0 Å². The van der Waals surface area contributed by atoms with Gasteiger partial charge in [-0.05, 0) is 44.7 Å². The number of piperidine rings is 1. The van der Waals surface area contributed by atoms with E-state index in [0.29, 0.717) is 23.8 Å². The lowest BCUT2D eigenvalue weighted by Gasteiger charge is -2.42. The predicted molar refractivity (Wildman–Crippen MR) is 87.0 cm³/mol. The van der Waals surface area contributed by atoms with Crippen LogP contribution in [0.2, 0.25) is 0 Å². The first kappa shape index (κ1) is 16.8. The van der Waals surface area contributed by atoms with Crippen molar-refractivity contribution in [3.63, 3.8) is 0 Å². The lowest BCUT2D eigenvalue weighted by Crippen LogP contribution is -2.53. The molecule has 122 valence electrons. The molecule has 4 heteroatoms. The minimum atomic E-state index is 0.0356. The number of rotatable bonds is 5. The van der Waals surface area contributed by atoms with Crippen LogP contribution in [0, 0.1) is 11.8 Å². The highest BCUT2D eigenvalue weighted by molar-refractivity contribution is 5.84. The molecule has 2 saturated heterocycles. The number of amides is 1. The molecule has 2 aliphatic rings. The molecule has 2 fully saturated rings. The Morgan fingerprint density at radius 1 is 1.38 bits per heavy atom. The van der Waals surface area contributed by atoms with E-state index in [1.165, 1.54) is 0 Å². The second kappa shape index (κ2) is 7.10. The molecular weight excluding hydrogens is 262 g/mol. The van der Waals surface area contributed by atoms with Gasteiger partial charge in [-0.3, -0.25) is 10.1 Å². The fraction of sp³-hybridized carbons (Fsp3) is 0.941. The summed E-state index contributed by atoms with van der Waals surface area (Å²) < 4.78 is 0. The third kappa shape index (κ3) is 3.78. The largest absolute Gasteiger partial charge is 0.322 e. The van der Waals surface area contributed by atoms with Gasteiger partial charge < -0.3 is 9.80 Å². The molecule has 4 unspecified atom stereocenters. The van der Waals surface area contributed by atoms with Gasteiger partial charge in [-0.25, -0.2) is 0 Å². The second-order valence-electron chi connectivity index (χ2n) is 7.49. The van der Waals surface area contributed by atoms with Gasteiger partial charge in [-0.15, -0.1) is 0 Å². The summed E-state index contributed by atoms with van der Waals surface area (Å²) in [4.78, 5) is 17.5. The number of hydrogen-bond donors (Lipinski definition) is 1. The molecule has 0 bridgehead atoms. The summed E-state index contributed by atoms with van der Waals surface area (Å²) in [6.07, 6.45) is 4.51. The van der Waals surface area contributed by atoms with Crippen molar-refractivity contribution in [3.05, 3.63) is 0 Å². The summed E-state index contributed by atoms with van der Waals surface area (Å²) in [6, 6.07) is 0.448. The molecule has 21 heavy (non-hydrogen) atoms. The first-order chi connectivity index (χ1) is 9.93. The highest BCUT2D eigenvalue weighted by atomic mass is 16.2. The van der Waals surface area contributed by atoms with E-state index in [1.807, 2.05) is 0 Å². The van der Waals surface area contributed by atoms with E-state index >= 15 is 0 Å². The van der Waals surface area contributed by atoms with Crippen LogP contribution in [0.4, 0.5) is 0 Å². The molecule has 2 heterocycles. The summed E-state index contributed by atoms with van der Waals surface area (Å²) in [6.45, 7) is 11.1. The zero-order valence-electron chi connectivity index (χ0n) is 14.4. The van der Waals surface area contributed by atoms with Crippen LogP contribution >= 0.6 is 0 Å². The number of carbonyl (C=O) groups excluding carboxylic acids is 1. The van der Waals surface area contributed by atoms with Gasteiger partial charge in [0.2, 0.25) is 5.91 Å². The second-order valence-corrected chi connectivity index (χ2v) is 7.49. The molecule has 2 rings (SSSR count). The molecule has 0 aliphatic carbocycles.